The number of para-hydroxylation sites is 2. The zero-order chi connectivity index (χ0) is 20.9. The van der Waals surface area contributed by atoms with Crippen LogP contribution >= 0.6 is 22.9 Å². The van der Waals surface area contributed by atoms with Gasteiger partial charge in [0.25, 0.3) is 5.91 Å². The van der Waals surface area contributed by atoms with Crippen molar-refractivity contribution in [2.24, 2.45) is 4.99 Å². The molecule has 0 unspecified atom stereocenters. The van der Waals surface area contributed by atoms with Crippen molar-refractivity contribution < 1.29 is 14.3 Å². The Labute approximate surface area is 182 Å². The van der Waals surface area contributed by atoms with Crippen LogP contribution in [0, 0.1) is 0 Å². The number of nitrogens with zero attached hydrogens (tertiary/aromatic N) is 2. The lowest BCUT2D eigenvalue weighted by Crippen LogP contribution is -2.19. The maximum absolute atomic E-state index is 13.1. The Balaban J connectivity index is 1.75. The van der Waals surface area contributed by atoms with E-state index in [1.165, 1.54) is 11.3 Å². The second kappa shape index (κ2) is 9.26. The van der Waals surface area contributed by atoms with Crippen LogP contribution in [0.3, 0.4) is 0 Å². The third kappa shape index (κ3) is 4.46. The molecular weight excluding hydrogens is 420 g/mol. The summed E-state index contributed by atoms with van der Waals surface area (Å²) in [4.78, 5) is 18.1. The maximum Gasteiger partial charge on any atom is 0.283 e. The van der Waals surface area contributed by atoms with Crippen LogP contribution in [-0.2, 0) is 11.3 Å². The van der Waals surface area contributed by atoms with E-state index in [1.807, 2.05) is 59.2 Å². The third-order valence-electron chi connectivity index (χ3n) is 4.45. The van der Waals surface area contributed by atoms with Crippen molar-refractivity contribution in [1.29, 1.82) is 0 Å². The third-order valence-corrected chi connectivity index (χ3v) is 5.73. The summed E-state index contributed by atoms with van der Waals surface area (Å²) in [5.74, 6) is 0.750. The van der Waals surface area contributed by atoms with Gasteiger partial charge in [0.2, 0.25) is 0 Å². The van der Waals surface area contributed by atoms with Gasteiger partial charge in [-0.25, -0.2) is 0 Å². The van der Waals surface area contributed by atoms with E-state index in [-0.39, 0.29) is 5.91 Å². The van der Waals surface area contributed by atoms with Crippen molar-refractivity contribution in [1.82, 2.24) is 4.57 Å². The molecule has 0 aliphatic heterocycles. The summed E-state index contributed by atoms with van der Waals surface area (Å²) < 4.78 is 14.1. The van der Waals surface area contributed by atoms with Crippen molar-refractivity contribution in [3.8, 4) is 11.5 Å². The van der Waals surface area contributed by atoms with E-state index in [1.54, 1.807) is 25.3 Å². The standard InChI is InChI=1S/C23H19ClN2O3S/c1-28-14-13-26-19-12-11-16(24)15-21(19)30-23(26)25-22(27)18-9-5-6-10-20(18)29-17-7-3-2-4-8-17/h2-12,15H,13-14H2,1H3. The second-order valence-corrected chi connectivity index (χ2v) is 7.91. The van der Waals surface area contributed by atoms with Crippen LogP contribution in [0.5, 0.6) is 11.5 Å². The summed E-state index contributed by atoms with van der Waals surface area (Å²) in [7, 11) is 1.64. The number of halogens is 1. The number of methoxy groups -OCH3 is 1. The average Bonchev–Trinajstić information content (AvgIpc) is 3.09. The van der Waals surface area contributed by atoms with Crippen LogP contribution in [-0.4, -0.2) is 24.2 Å². The van der Waals surface area contributed by atoms with Gasteiger partial charge in [0.05, 0.1) is 22.4 Å². The fourth-order valence-corrected chi connectivity index (χ4v) is 4.36. The van der Waals surface area contributed by atoms with Gasteiger partial charge in [-0.2, -0.15) is 4.99 Å². The lowest BCUT2D eigenvalue weighted by Gasteiger charge is -2.09. The first-order valence-corrected chi connectivity index (χ1v) is 10.5. The van der Waals surface area contributed by atoms with Gasteiger partial charge in [-0.05, 0) is 42.5 Å². The normalized spacial score (nSPS) is 11.7. The molecule has 152 valence electrons. The van der Waals surface area contributed by atoms with E-state index < -0.39 is 0 Å². The summed E-state index contributed by atoms with van der Waals surface area (Å²) in [6, 6.07) is 22.1. The number of carbonyl (C=O) groups is 1. The largest absolute Gasteiger partial charge is 0.457 e. The Kier molecular flexibility index (Phi) is 6.28. The van der Waals surface area contributed by atoms with Crippen LogP contribution < -0.4 is 9.54 Å². The highest BCUT2D eigenvalue weighted by Crippen LogP contribution is 2.26. The maximum atomic E-state index is 13.1. The fraction of sp³-hybridized carbons (Fsp3) is 0.130. The number of rotatable bonds is 6. The molecule has 1 aromatic heterocycles. The zero-order valence-electron chi connectivity index (χ0n) is 16.2. The number of thiazole rings is 1. The first-order valence-electron chi connectivity index (χ1n) is 9.34. The van der Waals surface area contributed by atoms with E-state index in [9.17, 15) is 4.79 Å². The summed E-state index contributed by atoms with van der Waals surface area (Å²) in [5.41, 5.74) is 1.36. The lowest BCUT2D eigenvalue weighted by atomic mass is 10.2. The van der Waals surface area contributed by atoms with E-state index in [0.29, 0.717) is 40.0 Å². The molecule has 7 heteroatoms. The van der Waals surface area contributed by atoms with Gasteiger partial charge >= 0.3 is 0 Å². The topological polar surface area (TPSA) is 52.8 Å². The highest BCUT2D eigenvalue weighted by atomic mass is 35.5. The quantitative estimate of drug-likeness (QED) is 0.397. The Bertz CT molecular complexity index is 1250. The molecule has 0 bridgehead atoms. The molecule has 0 atom stereocenters. The molecule has 0 saturated carbocycles. The van der Waals surface area contributed by atoms with E-state index in [0.717, 1.165) is 10.2 Å². The number of ether oxygens (including phenoxy) is 2. The van der Waals surface area contributed by atoms with E-state index in [2.05, 4.69) is 4.99 Å². The molecule has 30 heavy (non-hydrogen) atoms. The Morgan fingerprint density at radius 1 is 1.07 bits per heavy atom. The molecule has 0 N–H and O–H groups in total. The monoisotopic (exact) mass is 438 g/mol. The summed E-state index contributed by atoms with van der Waals surface area (Å²) >= 11 is 7.56. The SMILES string of the molecule is COCCn1c(=NC(=O)c2ccccc2Oc2ccccc2)sc2cc(Cl)ccc21. The van der Waals surface area contributed by atoms with Crippen molar-refractivity contribution in [2.75, 3.05) is 13.7 Å². The number of aromatic nitrogens is 1. The van der Waals surface area contributed by atoms with Crippen LogP contribution in [0.15, 0.2) is 77.8 Å². The molecule has 5 nitrogen and oxygen atoms in total. The molecule has 1 heterocycles. The first-order chi connectivity index (χ1) is 14.7. The predicted molar refractivity (Wildman–Crippen MR) is 120 cm³/mol. The Hall–Kier alpha value is -2.93. The first kappa shape index (κ1) is 20.3. The van der Waals surface area contributed by atoms with Crippen molar-refractivity contribution >= 4 is 39.1 Å². The summed E-state index contributed by atoms with van der Waals surface area (Å²) in [6.45, 7) is 1.08. The van der Waals surface area contributed by atoms with Crippen molar-refractivity contribution in [3.05, 3.63) is 88.2 Å². The van der Waals surface area contributed by atoms with Gasteiger partial charge in [0.1, 0.15) is 11.5 Å². The number of carbonyl (C=O) groups excluding carboxylic acids is 1. The molecule has 0 radical (unpaired) electrons. The van der Waals surface area contributed by atoms with Crippen molar-refractivity contribution in [2.45, 2.75) is 6.54 Å². The number of amides is 1. The number of benzene rings is 3. The Morgan fingerprint density at radius 3 is 2.63 bits per heavy atom. The van der Waals surface area contributed by atoms with Crippen molar-refractivity contribution in [3.63, 3.8) is 0 Å². The molecule has 0 aliphatic rings. The highest BCUT2D eigenvalue weighted by Gasteiger charge is 2.14. The molecule has 4 rings (SSSR count). The minimum atomic E-state index is -0.370. The number of hydrogen-bond donors (Lipinski definition) is 0. The minimum Gasteiger partial charge on any atom is -0.457 e. The second-order valence-electron chi connectivity index (χ2n) is 6.47. The summed E-state index contributed by atoms with van der Waals surface area (Å²) in [6.07, 6.45) is 0. The molecule has 0 aliphatic carbocycles. The molecule has 0 fully saturated rings. The number of fused-ring (bicyclic) bond motifs is 1. The van der Waals surface area contributed by atoms with Crippen LogP contribution in [0.2, 0.25) is 5.02 Å². The van der Waals surface area contributed by atoms with Gasteiger partial charge < -0.3 is 14.0 Å². The highest BCUT2D eigenvalue weighted by molar-refractivity contribution is 7.16. The van der Waals surface area contributed by atoms with Gasteiger partial charge in [0.15, 0.2) is 4.80 Å². The zero-order valence-corrected chi connectivity index (χ0v) is 17.8. The van der Waals surface area contributed by atoms with Crippen LogP contribution in [0.1, 0.15) is 10.4 Å². The molecule has 0 saturated heterocycles. The summed E-state index contributed by atoms with van der Waals surface area (Å²) in [5, 5.41) is 0.641. The van der Waals surface area contributed by atoms with E-state index >= 15 is 0 Å². The minimum absolute atomic E-state index is 0.370. The molecule has 1 amide bonds. The van der Waals surface area contributed by atoms with Gasteiger partial charge in [-0.3, -0.25) is 4.79 Å². The molecule has 3 aromatic carbocycles. The molecule has 4 aromatic rings. The molecule has 0 spiro atoms. The van der Waals surface area contributed by atoms with Gasteiger partial charge in [0, 0.05) is 18.7 Å². The predicted octanol–water partition coefficient (Wildman–Crippen LogP) is 5.54. The van der Waals surface area contributed by atoms with Gasteiger partial charge in [-0.1, -0.05) is 53.3 Å². The van der Waals surface area contributed by atoms with Gasteiger partial charge in [-0.15, -0.1) is 0 Å². The lowest BCUT2D eigenvalue weighted by molar-refractivity contribution is 0.0995. The Morgan fingerprint density at radius 2 is 1.83 bits per heavy atom. The van der Waals surface area contributed by atoms with Crippen LogP contribution in [0.25, 0.3) is 10.2 Å². The van der Waals surface area contributed by atoms with E-state index in [4.69, 9.17) is 21.1 Å². The smallest absolute Gasteiger partial charge is 0.283 e. The molecular formula is C23H19ClN2O3S. The average molecular weight is 439 g/mol. The number of hydrogen-bond acceptors (Lipinski definition) is 4. The van der Waals surface area contributed by atoms with Crippen LogP contribution in [0.4, 0.5) is 0 Å². The fourth-order valence-electron chi connectivity index (χ4n) is 3.03.